The lowest BCUT2D eigenvalue weighted by atomic mass is 9.92. The highest BCUT2D eigenvalue weighted by Gasteiger charge is 2.43. The average Bonchev–Trinajstić information content (AvgIpc) is 2.58. The lowest BCUT2D eigenvalue weighted by molar-refractivity contribution is -0.135. The topological polar surface area (TPSA) is 44.8 Å². The number of aldehydes is 1. The molecule has 0 saturated carbocycles. The third kappa shape index (κ3) is 5.06. The summed E-state index contributed by atoms with van der Waals surface area (Å²) in [5.41, 5.74) is 1.03. The second kappa shape index (κ2) is 8.50. The summed E-state index contributed by atoms with van der Waals surface area (Å²) in [5, 5.41) is 0.127. The van der Waals surface area contributed by atoms with Crippen molar-refractivity contribution in [1.82, 2.24) is 0 Å². The normalized spacial score (nSPS) is 24.8. The van der Waals surface area contributed by atoms with E-state index in [9.17, 15) is 4.79 Å². The molecule has 0 bridgehead atoms. The zero-order valence-corrected chi connectivity index (χ0v) is 17.8. The van der Waals surface area contributed by atoms with Crippen LogP contribution >= 0.6 is 0 Å². The number of hydrogen-bond donors (Lipinski definition) is 0. The van der Waals surface area contributed by atoms with Gasteiger partial charge in [-0.2, -0.15) is 0 Å². The van der Waals surface area contributed by atoms with E-state index in [-0.39, 0.29) is 23.2 Å². The summed E-state index contributed by atoms with van der Waals surface area (Å²) >= 11 is 0. The predicted octanol–water partition coefficient (Wildman–Crippen LogP) is 4.71. The van der Waals surface area contributed by atoms with Crippen LogP contribution in [0.3, 0.4) is 0 Å². The first-order valence-corrected chi connectivity index (χ1v) is 12.2. The maximum absolute atomic E-state index is 11.7. The van der Waals surface area contributed by atoms with Crippen LogP contribution in [-0.2, 0) is 25.3 Å². The molecule has 0 unspecified atom stereocenters. The Morgan fingerprint density at radius 3 is 2.46 bits per heavy atom. The van der Waals surface area contributed by atoms with Crippen molar-refractivity contribution in [3.8, 4) is 0 Å². The zero-order chi connectivity index (χ0) is 19.4. The number of carbonyl (C=O) groups excluding carboxylic acids is 1. The molecule has 26 heavy (non-hydrogen) atoms. The molecule has 1 aromatic rings. The van der Waals surface area contributed by atoms with Crippen LogP contribution in [0.15, 0.2) is 42.7 Å². The van der Waals surface area contributed by atoms with Crippen LogP contribution in [-0.4, -0.2) is 32.9 Å². The molecule has 4 nitrogen and oxygen atoms in total. The van der Waals surface area contributed by atoms with Gasteiger partial charge in [0.05, 0.1) is 19.0 Å². The summed E-state index contributed by atoms with van der Waals surface area (Å²) < 4.78 is 18.2. The molecule has 0 radical (unpaired) electrons. The molecule has 5 heteroatoms. The van der Waals surface area contributed by atoms with Crippen molar-refractivity contribution in [2.75, 3.05) is 0 Å². The Morgan fingerprint density at radius 1 is 1.23 bits per heavy atom. The summed E-state index contributed by atoms with van der Waals surface area (Å²) in [6, 6.07) is 9.84. The minimum Gasteiger partial charge on any atom is -0.495 e. The van der Waals surface area contributed by atoms with Gasteiger partial charge in [-0.15, -0.1) is 0 Å². The minimum atomic E-state index is -1.92. The van der Waals surface area contributed by atoms with Gasteiger partial charge in [0.25, 0.3) is 0 Å². The molecule has 0 spiro atoms. The molecule has 1 aliphatic rings. The highest BCUT2D eigenvalue weighted by molar-refractivity contribution is 6.74. The first-order chi connectivity index (χ1) is 12.2. The molecule has 0 aromatic heterocycles. The molecule has 0 aliphatic carbocycles. The van der Waals surface area contributed by atoms with Gasteiger partial charge in [-0.1, -0.05) is 58.0 Å². The Bertz CT molecular complexity index is 606. The summed E-state index contributed by atoms with van der Waals surface area (Å²) in [6.07, 6.45) is 3.41. The van der Waals surface area contributed by atoms with Gasteiger partial charge in [0.1, 0.15) is 6.10 Å². The molecule has 1 aliphatic heterocycles. The van der Waals surface area contributed by atoms with Crippen molar-refractivity contribution < 1.29 is 18.7 Å². The lowest BCUT2D eigenvalue weighted by Gasteiger charge is -2.43. The third-order valence-electron chi connectivity index (χ3n) is 5.52. The summed E-state index contributed by atoms with van der Waals surface area (Å²) in [7, 11) is -1.92. The second-order valence-electron chi connectivity index (χ2n) is 8.53. The molecule has 0 fully saturated rings. The Kier molecular flexibility index (Phi) is 6.83. The first kappa shape index (κ1) is 20.9. The molecule has 1 aromatic carbocycles. The SMILES string of the molecule is C[C@H]1[C@H]([C@@H](C=O)OCc2ccccc2)OC=C[C@@H]1O[Si](C)(C)C(C)(C)C. The van der Waals surface area contributed by atoms with E-state index in [1.807, 2.05) is 36.4 Å². The Hall–Kier alpha value is -1.43. The van der Waals surface area contributed by atoms with E-state index in [4.69, 9.17) is 13.9 Å². The zero-order valence-electron chi connectivity index (χ0n) is 16.8. The quantitative estimate of drug-likeness (QED) is 0.511. The molecular formula is C21H32O4Si. The van der Waals surface area contributed by atoms with Crippen LogP contribution in [0.2, 0.25) is 18.1 Å². The summed E-state index contributed by atoms with van der Waals surface area (Å²) in [4.78, 5) is 11.7. The van der Waals surface area contributed by atoms with E-state index in [2.05, 4.69) is 40.8 Å². The summed E-state index contributed by atoms with van der Waals surface area (Å²) in [6.45, 7) is 13.6. The molecule has 0 amide bonds. The molecule has 2 rings (SSSR count). The molecular weight excluding hydrogens is 344 g/mol. The van der Waals surface area contributed by atoms with E-state index < -0.39 is 14.4 Å². The van der Waals surface area contributed by atoms with Gasteiger partial charge < -0.3 is 18.7 Å². The van der Waals surface area contributed by atoms with Crippen LogP contribution in [0.1, 0.15) is 33.3 Å². The third-order valence-corrected chi connectivity index (χ3v) is 9.99. The van der Waals surface area contributed by atoms with Gasteiger partial charge >= 0.3 is 0 Å². The maximum Gasteiger partial charge on any atom is 0.192 e. The van der Waals surface area contributed by atoms with E-state index >= 15 is 0 Å². The van der Waals surface area contributed by atoms with Gasteiger partial charge in [0.15, 0.2) is 20.7 Å². The largest absolute Gasteiger partial charge is 0.495 e. The van der Waals surface area contributed by atoms with Crippen molar-refractivity contribution in [2.24, 2.45) is 5.92 Å². The van der Waals surface area contributed by atoms with Crippen molar-refractivity contribution in [2.45, 2.75) is 70.7 Å². The van der Waals surface area contributed by atoms with Crippen molar-refractivity contribution in [3.05, 3.63) is 48.2 Å². The maximum atomic E-state index is 11.7. The minimum absolute atomic E-state index is 0.0279. The fourth-order valence-electron chi connectivity index (χ4n) is 2.72. The average molecular weight is 377 g/mol. The second-order valence-corrected chi connectivity index (χ2v) is 13.3. The fourth-order valence-corrected chi connectivity index (χ4v) is 4.05. The monoisotopic (exact) mass is 376 g/mol. The lowest BCUT2D eigenvalue weighted by Crippen LogP contribution is -2.50. The first-order valence-electron chi connectivity index (χ1n) is 9.26. The van der Waals surface area contributed by atoms with Gasteiger partial charge in [-0.05, 0) is 29.8 Å². The molecule has 0 saturated heterocycles. The van der Waals surface area contributed by atoms with Gasteiger partial charge in [0.2, 0.25) is 0 Å². The van der Waals surface area contributed by atoms with Crippen LogP contribution in [0.5, 0.6) is 0 Å². The smallest absolute Gasteiger partial charge is 0.192 e. The van der Waals surface area contributed by atoms with E-state index in [1.165, 1.54) is 0 Å². The van der Waals surface area contributed by atoms with Crippen molar-refractivity contribution >= 4 is 14.6 Å². The van der Waals surface area contributed by atoms with E-state index in [0.29, 0.717) is 6.61 Å². The van der Waals surface area contributed by atoms with Gasteiger partial charge in [0, 0.05) is 5.92 Å². The highest BCUT2D eigenvalue weighted by Crippen LogP contribution is 2.39. The van der Waals surface area contributed by atoms with Crippen LogP contribution in [0.25, 0.3) is 0 Å². The Labute approximate surface area is 158 Å². The fraction of sp³-hybridized carbons (Fsp3) is 0.571. The van der Waals surface area contributed by atoms with Crippen LogP contribution < -0.4 is 0 Å². The number of hydrogen-bond acceptors (Lipinski definition) is 4. The number of rotatable bonds is 7. The molecule has 1 heterocycles. The molecule has 0 N–H and O–H groups in total. The number of carbonyl (C=O) groups is 1. The standard InChI is InChI=1S/C21H32O4Si/c1-16-18(25-26(5,6)21(2,3)4)12-13-23-20(16)19(14-22)24-15-17-10-8-7-9-11-17/h7-14,16,18-20H,15H2,1-6H3/t16-,18+,19-,20-/m1/s1. The van der Waals surface area contributed by atoms with Crippen LogP contribution in [0.4, 0.5) is 0 Å². The van der Waals surface area contributed by atoms with Crippen LogP contribution in [0, 0.1) is 5.92 Å². The van der Waals surface area contributed by atoms with Crippen molar-refractivity contribution in [3.63, 3.8) is 0 Å². The highest BCUT2D eigenvalue weighted by atomic mass is 28.4. The van der Waals surface area contributed by atoms with E-state index in [0.717, 1.165) is 11.8 Å². The van der Waals surface area contributed by atoms with Crippen molar-refractivity contribution in [1.29, 1.82) is 0 Å². The van der Waals surface area contributed by atoms with Gasteiger partial charge in [-0.25, -0.2) is 0 Å². The number of benzene rings is 1. The number of ether oxygens (including phenoxy) is 2. The van der Waals surface area contributed by atoms with Gasteiger partial charge in [-0.3, -0.25) is 0 Å². The molecule has 4 atom stereocenters. The molecule has 144 valence electrons. The Balaban J connectivity index is 2.04. The predicted molar refractivity (Wildman–Crippen MR) is 106 cm³/mol. The van der Waals surface area contributed by atoms with E-state index in [1.54, 1.807) is 6.26 Å². The Morgan fingerprint density at radius 2 is 1.88 bits per heavy atom. The summed E-state index contributed by atoms with van der Waals surface area (Å²) in [5.74, 6) is 0.0279.